The van der Waals surface area contributed by atoms with Crippen LogP contribution in [0.25, 0.3) is 0 Å². The van der Waals surface area contributed by atoms with Crippen molar-refractivity contribution in [3.8, 4) is 0 Å². The zero-order chi connectivity index (χ0) is 15.3. The van der Waals surface area contributed by atoms with Crippen molar-refractivity contribution in [1.82, 2.24) is 9.21 Å². The van der Waals surface area contributed by atoms with Crippen molar-refractivity contribution in [3.05, 3.63) is 35.4 Å². The van der Waals surface area contributed by atoms with E-state index in [1.54, 1.807) is 6.07 Å². The van der Waals surface area contributed by atoms with Crippen LogP contribution < -0.4 is 0 Å². The molecule has 4 nitrogen and oxygen atoms in total. The van der Waals surface area contributed by atoms with Gasteiger partial charge in [-0.3, -0.25) is 4.90 Å². The van der Waals surface area contributed by atoms with Gasteiger partial charge in [0.25, 0.3) is 0 Å². The Morgan fingerprint density at radius 3 is 2.48 bits per heavy atom. The molecule has 2 fully saturated rings. The number of nitrogens with zero attached hydrogens (tertiary/aromatic N) is 2. The average molecular weight is 316 g/mol. The summed E-state index contributed by atoms with van der Waals surface area (Å²) in [4.78, 5) is 2.14. The lowest BCUT2D eigenvalue weighted by molar-refractivity contribution is 0.00647. The number of sulfonamides is 1. The zero-order valence-electron chi connectivity index (χ0n) is 11.8. The third kappa shape index (κ3) is 2.95. The minimum absolute atomic E-state index is 0.0433. The van der Waals surface area contributed by atoms with E-state index in [9.17, 15) is 17.2 Å². The van der Waals surface area contributed by atoms with E-state index in [1.165, 1.54) is 16.6 Å². The molecule has 2 aliphatic rings. The second-order valence-electron chi connectivity index (χ2n) is 6.24. The maximum atomic E-state index is 13.2. The summed E-state index contributed by atoms with van der Waals surface area (Å²) in [5, 5.41) is 0. The number of hydrogen-bond acceptors (Lipinski definition) is 3. The van der Waals surface area contributed by atoms with Crippen LogP contribution in [0.5, 0.6) is 0 Å². The van der Waals surface area contributed by atoms with E-state index in [2.05, 4.69) is 4.90 Å². The molecule has 116 valence electrons. The van der Waals surface area contributed by atoms with Crippen LogP contribution in [-0.2, 0) is 16.6 Å². The lowest BCUT2D eigenvalue weighted by atomic mass is 9.79. The molecule has 0 amide bonds. The zero-order valence-corrected chi connectivity index (χ0v) is 12.7. The summed E-state index contributed by atoms with van der Waals surface area (Å²) in [7, 11) is -3.11. The minimum Gasteiger partial charge on any atom is -0.298 e. The van der Waals surface area contributed by atoms with Crippen molar-refractivity contribution in [3.63, 3.8) is 0 Å². The van der Waals surface area contributed by atoms with Crippen LogP contribution in [0.2, 0.25) is 0 Å². The topological polar surface area (TPSA) is 40.6 Å². The monoisotopic (exact) mass is 316 g/mol. The Bertz CT molecular complexity index is 657. The summed E-state index contributed by atoms with van der Waals surface area (Å²) in [5.74, 6) is -1.66. The maximum absolute atomic E-state index is 13.2. The standard InChI is InChI=1S/C14H18F2N2O2S/c1-21(19,20)18-5-4-14(10-18)8-17(9-14)7-11-2-3-12(15)13(16)6-11/h2-3,6H,4-5,7-10H2,1H3. The quantitative estimate of drug-likeness (QED) is 0.847. The minimum atomic E-state index is -3.11. The summed E-state index contributed by atoms with van der Waals surface area (Å²) in [6.45, 7) is 3.33. The molecule has 0 bridgehead atoms. The molecular weight excluding hydrogens is 298 g/mol. The van der Waals surface area contributed by atoms with E-state index >= 15 is 0 Å². The Kier molecular flexibility index (Phi) is 3.54. The Labute approximate surface area is 123 Å². The second kappa shape index (κ2) is 5.00. The predicted molar refractivity (Wildman–Crippen MR) is 75.1 cm³/mol. The molecule has 3 rings (SSSR count). The van der Waals surface area contributed by atoms with Gasteiger partial charge < -0.3 is 0 Å². The number of benzene rings is 1. The van der Waals surface area contributed by atoms with Crippen LogP contribution in [0.4, 0.5) is 8.78 Å². The lowest BCUT2D eigenvalue weighted by Gasteiger charge is -2.48. The molecule has 0 unspecified atom stereocenters. The van der Waals surface area contributed by atoms with Gasteiger partial charge in [-0.05, 0) is 24.1 Å². The van der Waals surface area contributed by atoms with Gasteiger partial charge in [0.15, 0.2) is 11.6 Å². The molecule has 2 aliphatic heterocycles. The van der Waals surface area contributed by atoms with Crippen LogP contribution in [0.15, 0.2) is 18.2 Å². The SMILES string of the molecule is CS(=O)(=O)N1CCC2(CN(Cc3ccc(F)c(F)c3)C2)C1. The van der Waals surface area contributed by atoms with Gasteiger partial charge in [-0.1, -0.05) is 6.07 Å². The van der Waals surface area contributed by atoms with E-state index in [4.69, 9.17) is 0 Å². The normalized spacial score (nSPS) is 22.6. The van der Waals surface area contributed by atoms with Crippen LogP contribution in [0.1, 0.15) is 12.0 Å². The Morgan fingerprint density at radius 1 is 1.19 bits per heavy atom. The highest BCUT2D eigenvalue weighted by atomic mass is 32.2. The summed E-state index contributed by atoms with van der Waals surface area (Å²) in [6.07, 6.45) is 2.11. The van der Waals surface area contributed by atoms with Crippen molar-refractivity contribution in [1.29, 1.82) is 0 Å². The van der Waals surface area contributed by atoms with Crippen molar-refractivity contribution >= 4 is 10.0 Å². The van der Waals surface area contributed by atoms with Gasteiger partial charge in [0.2, 0.25) is 10.0 Å². The fourth-order valence-corrected chi connectivity index (χ4v) is 4.28. The highest BCUT2D eigenvalue weighted by Crippen LogP contribution is 2.40. The van der Waals surface area contributed by atoms with E-state index in [1.807, 2.05) is 0 Å². The lowest BCUT2D eigenvalue weighted by Crippen LogP contribution is -2.57. The van der Waals surface area contributed by atoms with Crippen molar-refractivity contribution in [2.45, 2.75) is 13.0 Å². The molecular formula is C14H18F2N2O2S. The van der Waals surface area contributed by atoms with Crippen LogP contribution in [0, 0.1) is 17.0 Å². The molecule has 0 N–H and O–H groups in total. The van der Waals surface area contributed by atoms with Crippen molar-refractivity contribution in [2.24, 2.45) is 5.41 Å². The molecule has 0 radical (unpaired) electrons. The molecule has 2 saturated heterocycles. The van der Waals surface area contributed by atoms with Gasteiger partial charge in [-0.15, -0.1) is 0 Å². The third-order valence-corrected chi connectivity index (χ3v) is 5.63. The first kappa shape index (κ1) is 14.9. The van der Waals surface area contributed by atoms with Crippen LogP contribution >= 0.6 is 0 Å². The average Bonchev–Trinajstić information content (AvgIpc) is 2.78. The van der Waals surface area contributed by atoms with Gasteiger partial charge in [0.05, 0.1) is 6.26 Å². The largest absolute Gasteiger partial charge is 0.298 e. The highest BCUT2D eigenvalue weighted by Gasteiger charge is 2.49. The van der Waals surface area contributed by atoms with E-state index in [0.29, 0.717) is 19.6 Å². The van der Waals surface area contributed by atoms with E-state index < -0.39 is 21.7 Å². The number of halogens is 2. The summed E-state index contributed by atoms with van der Waals surface area (Å²) < 4.78 is 50.6. The van der Waals surface area contributed by atoms with Gasteiger partial charge in [0, 0.05) is 38.1 Å². The molecule has 1 spiro atoms. The summed E-state index contributed by atoms with van der Waals surface area (Å²) in [5.41, 5.74) is 0.781. The number of rotatable bonds is 3. The maximum Gasteiger partial charge on any atom is 0.211 e. The molecule has 1 aromatic rings. The summed E-state index contributed by atoms with van der Waals surface area (Å²) in [6, 6.07) is 3.94. The first-order valence-corrected chi connectivity index (χ1v) is 8.74. The number of likely N-dealkylation sites (tertiary alicyclic amines) is 1. The van der Waals surface area contributed by atoms with Gasteiger partial charge >= 0.3 is 0 Å². The Balaban J connectivity index is 1.58. The molecule has 1 aromatic carbocycles. The summed E-state index contributed by atoms with van der Waals surface area (Å²) >= 11 is 0. The molecule has 2 heterocycles. The van der Waals surface area contributed by atoms with Crippen LogP contribution in [-0.4, -0.2) is 50.1 Å². The second-order valence-corrected chi connectivity index (χ2v) is 8.22. The van der Waals surface area contributed by atoms with Gasteiger partial charge in [-0.2, -0.15) is 0 Å². The smallest absolute Gasteiger partial charge is 0.211 e. The van der Waals surface area contributed by atoms with Crippen LogP contribution in [0.3, 0.4) is 0 Å². The number of hydrogen-bond donors (Lipinski definition) is 0. The Morgan fingerprint density at radius 2 is 1.90 bits per heavy atom. The first-order valence-electron chi connectivity index (χ1n) is 6.89. The van der Waals surface area contributed by atoms with E-state index in [-0.39, 0.29) is 5.41 Å². The molecule has 0 aliphatic carbocycles. The highest BCUT2D eigenvalue weighted by molar-refractivity contribution is 7.88. The van der Waals surface area contributed by atoms with Gasteiger partial charge in [-0.25, -0.2) is 21.5 Å². The third-order valence-electron chi connectivity index (χ3n) is 4.38. The molecule has 7 heteroatoms. The van der Waals surface area contributed by atoms with E-state index in [0.717, 1.165) is 31.1 Å². The Hall–Kier alpha value is -1.05. The van der Waals surface area contributed by atoms with Crippen molar-refractivity contribution < 1.29 is 17.2 Å². The molecule has 21 heavy (non-hydrogen) atoms. The fraction of sp³-hybridized carbons (Fsp3) is 0.571. The van der Waals surface area contributed by atoms with Gasteiger partial charge in [0.1, 0.15) is 0 Å². The first-order chi connectivity index (χ1) is 9.77. The molecule has 0 aromatic heterocycles. The van der Waals surface area contributed by atoms with Crippen molar-refractivity contribution in [2.75, 3.05) is 32.4 Å². The molecule has 0 atom stereocenters. The molecule has 0 saturated carbocycles. The predicted octanol–water partition coefficient (Wildman–Crippen LogP) is 1.43. The fourth-order valence-electron chi connectivity index (χ4n) is 3.35.